The Balaban J connectivity index is 1.81. The third-order valence-electron chi connectivity index (χ3n) is 5.76. The van der Waals surface area contributed by atoms with Crippen LogP contribution in [0.3, 0.4) is 0 Å². The lowest BCUT2D eigenvalue weighted by Crippen LogP contribution is -2.33. The topological polar surface area (TPSA) is 118 Å². The van der Waals surface area contributed by atoms with Crippen LogP contribution in [0.15, 0.2) is 65.1 Å². The van der Waals surface area contributed by atoms with Gasteiger partial charge in [-0.05, 0) is 66.6 Å². The third kappa shape index (κ3) is 5.74. The van der Waals surface area contributed by atoms with Crippen LogP contribution in [-0.2, 0) is 16.4 Å². The van der Waals surface area contributed by atoms with E-state index >= 15 is 0 Å². The Labute approximate surface area is 219 Å². The number of rotatable bonds is 9. The highest BCUT2D eigenvalue weighted by Crippen LogP contribution is 2.43. The summed E-state index contributed by atoms with van der Waals surface area (Å²) >= 11 is 0. The Morgan fingerprint density at radius 1 is 1.08 bits per heavy atom. The zero-order chi connectivity index (χ0) is 27.4. The molecule has 0 radical (unpaired) electrons. The molecule has 2 N–H and O–H groups in total. The van der Waals surface area contributed by atoms with Crippen LogP contribution < -0.4 is 19.1 Å². The number of aliphatic hydroxyl groups is 1. The number of carbonyl (C=O) groups excluding carboxylic acids is 1. The maximum atomic E-state index is 13.2. The summed E-state index contributed by atoms with van der Waals surface area (Å²) in [4.78, 5) is 12.2. The standard InChI is InChI=1S/C27H27FN2O7S/c1-4-17-15-22-24(16-23(17)30(13-14-31)38(3,33)34)36-25(26(22)37-27(32)29-2)18-5-9-20(10-6-18)35-21-11-7-19(28)8-12-21/h5-12,15-16,31H,4,13-14H2,1-3H3,(H,29,32). The highest BCUT2D eigenvalue weighted by Gasteiger charge is 2.25. The predicted octanol–water partition coefficient (Wildman–Crippen LogP) is 5.07. The first-order valence-corrected chi connectivity index (χ1v) is 13.6. The highest BCUT2D eigenvalue weighted by molar-refractivity contribution is 7.92. The lowest BCUT2D eigenvalue weighted by Gasteiger charge is -2.24. The van der Waals surface area contributed by atoms with Crippen molar-refractivity contribution >= 4 is 32.8 Å². The van der Waals surface area contributed by atoms with Gasteiger partial charge in [0.1, 0.15) is 22.9 Å². The summed E-state index contributed by atoms with van der Waals surface area (Å²) in [5, 5.41) is 12.4. The number of ether oxygens (including phenoxy) is 2. The molecule has 0 aliphatic carbocycles. The molecule has 38 heavy (non-hydrogen) atoms. The van der Waals surface area contributed by atoms with E-state index in [1.165, 1.54) is 31.3 Å². The number of nitrogens with one attached hydrogen (secondary N) is 1. The second kappa shape index (κ2) is 11.1. The number of aryl methyl sites for hydroxylation is 1. The molecule has 1 heterocycles. The number of halogens is 1. The van der Waals surface area contributed by atoms with Crippen LogP contribution in [0.4, 0.5) is 14.9 Å². The summed E-state index contributed by atoms with van der Waals surface area (Å²) in [6, 6.07) is 15.7. The van der Waals surface area contributed by atoms with Crippen molar-refractivity contribution in [2.24, 2.45) is 0 Å². The van der Waals surface area contributed by atoms with Gasteiger partial charge < -0.3 is 24.3 Å². The number of anilines is 1. The van der Waals surface area contributed by atoms with E-state index in [0.29, 0.717) is 45.7 Å². The Bertz CT molecular complexity index is 1550. The number of hydrogen-bond donors (Lipinski definition) is 2. The number of sulfonamides is 1. The maximum Gasteiger partial charge on any atom is 0.412 e. The average molecular weight is 543 g/mol. The van der Waals surface area contributed by atoms with Crippen molar-refractivity contribution in [3.05, 3.63) is 72.0 Å². The molecule has 3 aromatic carbocycles. The van der Waals surface area contributed by atoms with Gasteiger partial charge in [-0.1, -0.05) is 6.92 Å². The summed E-state index contributed by atoms with van der Waals surface area (Å²) in [7, 11) is -2.26. The van der Waals surface area contributed by atoms with E-state index in [1.807, 2.05) is 6.92 Å². The minimum Gasteiger partial charge on any atom is -0.457 e. The molecule has 9 nitrogen and oxygen atoms in total. The SMILES string of the molecule is CCc1cc2c(OC(=O)NC)c(-c3ccc(Oc4ccc(F)cc4)cc3)oc2cc1N(CCO)S(C)(=O)=O. The lowest BCUT2D eigenvalue weighted by molar-refractivity contribution is 0.203. The molecule has 4 rings (SSSR count). The number of aliphatic hydroxyl groups excluding tert-OH is 1. The van der Waals surface area contributed by atoms with Gasteiger partial charge >= 0.3 is 6.09 Å². The van der Waals surface area contributed by atoms with Gasteiger partial charge in [0.05, 0.1) is 30.5 Å². The van der Waals surface area contributed by atoms with E-state index in [0.717, 1.165) is 10.6 Å². The zero-order valence-electron chi connectivity index (χ0n) is 21.0. The zero-order valence-corrected chi connectivity index (χ0v) is 21.8. The van der Waals surface area contributed by atoms with Crippen molar-refractivity contribution in [2.45, 2.75) is 13.3 Å². The van der Waals surface area contributed by atoms with Crippen molar-refractivity contribution in [3.63, 3.8) is 0 Å². The molecule has 0 aliphatic rings. The Morgan fingerprint density at radius 2 is 1.71 bits per heavy atom. The van der Waals surface area contributed by atoms with Gasteiger partial charge in [0.15, 0.2) is 11.5 Å². The Kier molecular flexibility index (Phi) is 7.88. The molecule has 0 fully saturated rings. The van der Waals surface area contributed by atoms with Gasteiger partial charge in [0.25, 0.3) is 0 Å². The molecule has 0 spiro atoms. The molecule has 1 amide bonds. The summed E-state index contributed by atoms with van der Waals surface area (Å²) in [5.74, 6) is 1.01. The van der Waals surface area contributed by atoms with Crippen LogP contribution in [0.25, 0.3) is 22.3 Å². The normalized spacial score (nSPS) is 11.4. The Hall–Kier alpha value is -4.09. The molecule has 200 valence electrons. The molecular weight excluding hydrogens is 515 g/mol. The average Bonchev–Trinajstić information content (AvgIpc) is 3.24. The van der Waals surface area contributed by atoms with Crippen molar-refractivity contribution < 1.29 is 36.6 Å². The van der Waals surface area contributed by atoms with Gasteiger partial charge in [0.2, 0.25) is 10.0 Å². The van der Waals surface area contributed by atoms with E-state index in [9.17, 15) is 22.7 Å². The summed E-state index contributed by atoms with van der Waals surface area (Å²) in [6.07, 6.45) is 0.832. The van der Waals surface area contributed by atoms with Crippen LogP contribution >= 0.6 is 0 Å². The third-order valence-corrected chi connectivity index (χ3v) is 6.94. The number of furan rings is 1. The molecule has 0 saturated heterocycles. The van der Waals surface area contributed by atoms with Crippen molar-refractivity contribution in [2.75, 3.05) is 30.8 Å². The first-order valence-electron chi connectivity index (χ1n) is 11.8. The number of amides is 1. The van der Waals surface area contributed by atoms with Crippen LogP contribution in [0.1, 0.15) is 12.5 Å². The molecule has 0 unspecified atom stereocenters. The van der Waals surface area contributed by atoms with E-state index in [-0.39, 0.29) is 30.5 Å². The maximum absolute atomic E-state index is 13.2. The molecule has 1 aromatic heterocycles. The van der Waals surface area contributed by atoms with Crippen molar-refractivity contribution in [3.8, 4) is 28.6 Å². The molecule has 0 saturated carbocycles. The van der Waals surface area contributed by atoms with Crippen molar-refractivity contribution in [1.29, 1.82) is 0 Å². The largest absolute Gasteiger partial charge is 0.457 e. The lowest BCUT2D eigenvalue weighted by atomic mass is 10.1. The van der Waals surface area contributed by atoms with Crippen LogP contribution in [0, 0.1) is 5.82 Å². The molecular formula is C27H27FN2O7S. The number of benzene rings is 3. The smallest absolute Gasteiger partial charge is 0.412 e. The first kappa shape index (κ1) is 27.0. The fraction of sp³-hybridized carbons (Fsp3) is 0.222. The fourth-order valence-corrected chi connectivity index (χ4v) is 4.91. The number of hydrogen-bond acceptors (Lipinski definition) is 7. The van der Waals surface area contributed by atoms with Gasteiger partial charge in [-0.3, -0.25) is 4.31 Å². The minimum atomic E-state index is -3.69. The van der Waals surface area contributed by atoms with Crippen LogP contribution in [-0.4, -0.2) is 46.1 Å². The van der Waals surface area contributed by atoms with E-state index in [4.69, 9.17) is 13.9 Å². The van der Waals surface area contributed by atoms with Crippen LogP contribution in [0.2, 0.25) is 0 Å². The predicted molar refractivity (Wildman–Crippen MR) is 142 cm³/mol. The Morgan fingerprint density at radius 3 is 2.26 bits per heavy atom. The summed E-state index contributed by atoms with van der Waals surface area (Å²) in [5.41, 5.74) is 1.89. The summed E-state index contributed by atoms with van der Waals surface area (Å²) in [6.45, 7) is 1.38. The van der Waals surface area contributed by atoms with Gasteiger partial charge in [0, 0.05) is 18.7 Å². The second-order valence-corrected chi connectivity index (χ2v) is 10.3. The number of fused-ring (bicyclic) bond motifs is 1. The van der Waals surface area contributed by atoms with Gasteiger partial charge in [-0.25, -0.2) is 17.6 Å². The van der Waals surface area contributed by atoms with E-state index in [1.54, 1.807) is 36.4 Å². The molecule has 11 heteroatoms. The molecule has 0 aliphatic heterocycles. The molecule has 4 aromatic rings. The van der Waals surface area contributed by atoms with Crippen molar-refractivity contribution in [1.82, 2.24) is 5.32 Å². The monoisotopic (exact) mass is 542 g/mol. The quantitative estimate of drug-likeness (QED) is 0.303. The minimum absolute atomic E-state index is 0.123. The molecule has 0 bridgehead atoms. The molecule has 0 atom stereocenters. The van der Waals surface area contributed by atoms with Gasteiger partial charge in [-0.2, -0.15) is 0 Å². The van der Waals surface area contributed by atoms with E-state index < -0.39 is 16.1 Å². The second-order valence-electron chi connectivity index (χ2n) is 8.37. The van der Waals surface area contributed by atoms with E-state index in [2.05, 4.69) is 5.32 Å². The fourth-order valence-electron chi connectivity index (χ4n) is 3.97. The van der Waals surface area contributed by atoms with Gasteiger partial charge in [-0.15, -0.1) is 0 Å². The number of carbonyl (C=O) groups is 1. The first-order chi connectivity index (χ1) is 18.1. The number of nitrogens with zero attached hydrogens (tertiary/aromatic N) is 1. The summed E-state index contributed by atoms with van der Waals surface area (Å²) < 4.78 is 56.6. The highest BCUT2D eigenvalue weighted by atomic mass is 32.2. The van der Waals surface area contributed by atoms with Crippen LogP contribution in [0.5, 0.6) is 17.2 Å².